The van der Waals surface area contributed by atoms with Crippen molar-refractivity contribution in [1.29, 1.82) is 5.26 Å². The van der Waals surface area contributed by atoms with Gasteiger partial charge in [-0.1, -0.05) is 0 Å². The second-order valence-electron chi connectivity index (χ2n) is 5.66. The summed E-state index contributed by atoms with van der Waals surface area (Å²) < 4.78 is 27.8. The molecule has 1 fully saturated rings. The van der Waals surface area contributed by atoms with Crippen molar-refractivity contribution in [3.05, 3.63) is 29.3 Å². The molecule has 0 N–H and O–H groups in total. The van der Waals surface area contributed by atoms with E-state index < -0.39 is 6.61 Å². The average Bonchev–Trinajstić information content (AvgIpc) is 2.40. The summed E-state index contributed by atoms with van der Waals surface area (Å²) in [5.74, 6) is 0.106. The Morgan fingerprint density at radius 3 is 1.95 bits per heavy atom. The average molecular weight is 299 g/mol. The molecule has 21 heavy (non-hydrogen) atoms. The van der Waals surface area contributed by atoms with Crippen molar-refractivity contribution in [2.45, 2.75) is 52.4 Å². The van der Waals surface area contributed by atoms with Crippen LogP contribution in [0.5, 0.6) is 5.75 Å². The highest BCUT2D eigenvalue weighted by Gasteiger charge is 2.50. The molecule has 6 heteroatoms. The minimum absolute atomic E-state index is 0.104. The van der Waals surface area contributed by atoms with Gasteiger partial charge in [-0.15, -0.1) is 0 Å². The van der Waals surface area contributed by atoms with E-state index in [1.54, 1.807) is 6.92 Å². The Bertz CT molecular complexity index is 522. The van der Waals surface area contributed by atoms with Crippen molar-refractivity contribution in [2.75, 3.05) is 0 Å². The monoisotopic (exact) mass is 299 g/mol. The molecule has 116 valence electrons. The van der Waals surface area contributed by atoms with Crippen LogP contribution in [0.25, 0.3) is 0 Å². The second kappa shape index (κ2) is 6.37. The molecule has 2 rings (SSSR count). The summed E-state index contributed by atoms with van der Waals surface area (Å²) in [5.41, 5.74) is 0.749. The number of nitrogens with zero attached hydrogens (tertiary/aromatic N) is 1. The summed E-state index contributed by atoms with van der Waals surface area (Å²) in [6.45, 7) is 6.82. The molecule has 1 aliphatic rings. The molecular formula is C15H19F2NO3. The number of alkyl halides is 2. The number of hydrogen-bond acceptors (Lipinski definition) is 4. The lowest BCUT2D eigenvalue weighted by Gasteiger charge is -2.48. The van der Waals surface area contributed by atoms with Gasteiger partial charge in [0.15, 0.2) is 0 Å². The Hall–Kier alpha value is -1.71. The van der Waals surface area contributed by atoms with Crippen molar-refractivity contribution in [1.82, 2.24) is 0 Å². The molecule has 0 radical (unpaired) electrons. The quantitative estimate of drug-likeness (QED) is 0.775. The number of benzene rings is 1. The number of nitriles is 1. The molecule has 0 amide bonds. The van der Waals surface area contributed by atoms with E-state index >= 15 is 0 Å². The van der Waals surface area contributed by atoms with Gasteiger partial charge in [-0.05, 0) is 58.4 Å². The third-order valence-corrected chi connectivity index (χ3v) is 3.43. The van der Waals surface area contributed by atoms with Gasteiger partial charge in [0.05, 0.1) is 11.6 Å². The zero-order chi connectivity index (χ0) is 16.3. The van der Waals surface area contributed by atoms with Crippen LogP contribution in [0, 0.1) is 18.3 Å². The van der Waals surface area contributed by atoms with Crippen LogP contribution in [0.1, 0.15) is 38.8 Å². The van der Waals surface area contributed by atoms with E-state index in [1.807, 2.05) is 33.8 Å². The lowest BCUT2D eigenvalue weighted by molar-refractivity contribution is -0.535. The number of halogens is 2. The molecule has 0 bridgehead atoms. The van der Waals surface area contributed by atoms with E-state index in [2.05, 4.69) is 4.74 Å². The molecule has 0 aliphatic carbocycles. The maximum atomic E-state index is 11.8. The van der Waals surface area contributed by atoms with E-state index in [0.717, 1.165) is 0 Å². The molecule has 0 saturated carbocycles. The third kappa shape index (κ3) is 4.38. The van der Waals surface area contributed by atoms with Crippen molar-refractivity contribution in [2.24, 2.45) is 0 Å². The highest BCUT2D eigenvalue weighted by Crippen LogP contribution is 2.38. The van der Waals surface area contributed by atoms with Gasteiger partial charge in [-0.25, -0.2) is 9.78 Å². The number of ether oxygens (including phenoxy) is 1. The Labute approximate surface area is 123 Å². The van der Waals surface area contributed by atoms with Crippen LogP contribution in [0.3, 0.4) is 0 Å². The molecule has 1 aromatic carbocycles. The largest absolute Gasteiger partial charge is 0.435 e. The standard InChI is InChI=1S/C9H7F2NO.C6H12O2/c1-6-4-7(5-12)2-3-8(6)13-9(10)11;1-5(2)6(3,4)8-7-5/h2-4,9H,1H3;1-4H3. The molecule has 1 aliphatic heterocycles. The van der Waals surface area contributed by atoms with Gasteiger partial charge in [-0.3, -0.25) is 0 Å². The normalized spacial score (nSPS) is 18.0. The van der Waals surface area contributed by atoms with E-state index in [9.17, 15) is 8.78 Å². The van der Waals surface area contributed by atoms with Crippen LogP contribution in [-0.2, 0) is 9.78 Å². The molecule has 1 aromatic rings. The SMILES string of the molecule is CC1(C)OOC1(C)C.Cc1cc(C#N)ccc1OC(F)F. The van der Waals surface area contributed by atoms with E-state index in [1.165, 1.54) is 18.2 Å². The topological polar surface area (TPSA) is 51.5 Å². The van der Waals surface area contributed by atoms with Crippen LogP contribution in [0.15, 0.2) is 18.2 Å². The Kier molecular flexibility index (Phi) is 5.26. The maximum absolute atomic E-state index is 11.8. The summed E-state index contributed by atoms with van der Waals surface area (Å²) in [5, 5.41) is 8.50. The molecule has 0 unspecified atom stereocenters. The number of aryl methyl sites for hydroxylation is 1. The van der Waals surface area contributed by atoms with E-state index in [-0.39, 0.29) is 17.0 Å². The summed E-state index contributed by atoms with van der Waals surface area (Å²) in [6, 6.07) is 6.20. The fourth-order valence-corrected chi connectivity index (χ4v) is 1.32. The van der Waals surface area contributed by atoms with Crippen molar-refractivity contribution in [3.63, 3.8) is 0 Å². The first-order chi connectivity index (χ1) is 9.59. The zero-order valence-corrected chi connectivity index (χ0v) is 12.7. The van der Waals surface area contributed by atoms with Crippen LogP contribution in [0.4, 0.5) is 8.78 Å². The fourth-order valence-electron chi connectivity index (χ4n) is 1.32. The van der Waals surface area contributed by atoms with Crippen molar-refractivity contribution >= 4 is 0 Å². The molecule has 4 nitrogen and oxygen atoms in total. The zero-order valence-electron chi connectivity index (χ0n) is 12.7. The highest BCUT2D eigenvalue weighted by atomic mass is 19.3. The Balaban J connectivity index is 0.000000235. The van der Waals surface area contributed by atoms with Crippen LogP contribution in [-0.4, -0.2) is 17.8 Å². The fraction of sp³-hybridized carbons (Fsp3) is 0.533. The Morgan fingerprint density at radius 1 is 1.14 bits per heavy atom. The second-order valence-corrected chi connectivity index (χ2v) is 5.66. The molecule has 1 saturated heterocycles. The Morgan fingerprint density at radius 2 is 1.67 bits per heavy atom. The predicted molar refractivity (Wildman–Crippen MR) is 72.9 cm³/mol. The lowest BCUT2D eigenvalue weighted by atomic mass is 9.88. The van der Waals surface area contributed by atoms with E-state index in [4.69, 9.17) is 15.0 Å². The summed E-state index contributed by atoms with van der Waals surface area (Å²) >= 11 is 0. The smallest absolute Gasteiger partial charge is 0.387 e. The van der Waals surface area contributed by atoms with Crippen molar-refractivity contribution in [3.8, 4) is 11.8 Å². The minimum atomic E-state index is -2.83. The van der Waals surface area contributed by atoms with Crippen molar-refractivity contribution < 1.29 is 23.3 Å². The lowest BCUT2D eigenvalue weighted by Crippen LogP contribution is -2.59. The van der Waals surface area contributed by atoms with Gasteiger partial charge in [0.25, 0.3) is 0 Å². The molecule has 1 heterocycles. The first-order valence-electron chi connectivity index (χ1n) is 6.41. The number of rotatable bonds is 2. The van der Waals surface area contributed by atoms with Gasteiger partial charge in [-0.2, -0.15) is 14.0 Å². The molecule has 0 spiro atoms. The van der Waals surface area contributed by atoms with Gasteiger partial charge in [0.2, 0.25) is 0 Å². The third-order valence-electron chi connectivity index (χ3n) is 3.43. The molecule has 0 atom stereocenters. The van der Waals surface area contributed by atoms with Gasteiger partial charge in [0.1, 0.15) is 17.0 Å². The molecule has 0 aromatic heterocycles. The van der Waals surface area contributed by atoms with Gasteiger partial charge >= 0.3 is 6.61 Å². The predicted octanol–water partition coefficient (Wildman–Crippen LogP) is 3.97. The minimum Gasteiger partial charge on any atom is -0.435 e. The first-order valence-corrected chi connectivity index (χ1v) is 6.41. The van der Waals surface area contributed by atoms with E-state index in [0.29, 0.717) is 11.1 Å². The summed E-state index contributed by atoms with van der Waals surface area (Å²) in [6.07, 6.45) is 0. The van der Waals surface area contributed by atoms with Crippen LogP contribution < -0.4 is 4.74 Å². The number of hydrogen-bond donors (Lipinski definition) is 0. The van der Waals surface area contributed by atoms with Crippen LogP contribution in [0.2, 0.25) is 0 Å². The maximum Gasteiger partial charge on any atom is 0.387 e. The highest BCUT2D eigenvalue weighted by molar-refractivity contribution is 5.41. The van der Waals surface area contributed by atoms with Gasteiger partial charge in [0, 0.05) is 0 Å². The first kappa shape index (κ1) is 17.3. The van der Waals surface area contributed by atoms with Gasteiger partial charge < -0.3 is 4.74 Å². The van der Waals surface area contributed by atoms with Crippen LogP contribution >= 0.6 is 0 Å². The molecular weight excluding hydrogens is 280 g/mol. The summed E-state index contributed by atoms with van der Waals surface area (Å²) in [4.78, 5) is 9.67. The summed E-state index contributed by atoms with van der Waals surface area (Å²) in [7, 11) is 0.